The van der Waals surface area contributed by atoms with E-state index in [0.29, 0.717) is 12.2 Å². The van der Waals surface area contributed by atoms with Crippen LogP contribution in [-0.4, -0.2) is 10.9 Å². The van der Waals surface area contributed by atoms with Crippen LogP contribution in [0, 0.1) is 0 Å². The molecule has 0 spiro atoms. The van der Waals surface area contributed by atoms with Crippen LogP contribution in [-0.2, 0) is 11.3 Å². The SMILES string of the molecule is Nc1cccc(/C=C/C(=O)NCc2cncs2)c1. The molecule has 0 aliphatic heterocycles. The lowest BCUT2D eigenvalue weighted by Gasteiger charge is -1.99. The Kier molecular flexibility index (Phi) is 4.09. The van der Waals surface area contributed by atoms with E-state index in [1.165, 1.54) is 17.4 Å². The van der Waals surface area contributed by atoms with Gasteiger partial charge in [0.25, 0.3) is 0 Å². The third-order valence-electron chi connectivity index (χ3n) is 2.26. The minimum atomic E-state index is -0.133. The van der Waals surface area contributed by atoms with Gasteiger partial charge >= 0.3 is 0 Å². The molecule has 5 heteroatoms. The van der Waals surface area contributed by atoms with Crippen molar-refractivity contribution < 1.29 is 4.79 Å². The van der Waals surface area contributed by atoms with Crippen molar-refractivity contribution >= 4 is 29.0 Å². The van der Waals surface area contributed by atoms with Gasteiger partial charge in [0.05, 0.1) is 12.1 Å². The molecule has 0 bridgehead atoms. The molecule has 0 aliphatic rings. The number of nitrogen functional groups attached to an aromatic ring is 1. The standard InChI is InChI=1S/C13H13N3OS/c14-11-3-1-2-10(6-11)4-5-13(17)16-8-12-7-15-9-18-12/h1-7,9H,8,14H2,(H,16,17)/b5-4+. The Morgan fingerprint density at radius 1 is 1.50 bits per heavy atom. The molecular formula is C13H13N3OS. The summed E-state index contributed by atoms with van der Waals surface area (Å²) in [4.78, 5) is 16.5. The van der Waals surface area contributed by atoms with Crippen molar-refractivity contribution in [3.8, 4) is 0 Å². The second kappa shape index (κ2) is 5.97. The molecular weight excluding hydrogens is 246 g/mol. The summed E-state index contributed by atoms with van der Waals surface area (Å²) in [6.07, 6.45) is 4.97. The Morgan fingerprint density at radius 2 is 2.39 bits per heavy atom. The van der Waals surface area contributed by atoms with Crippen molar-refractivity contribution in [3.05, 3.63) is 52.5 Å². The van der Waals surface area contributed by atoms with Gasteiger partial charge < -0.3 is 11.1 Å². The Balaban J connectivity index is 1.87. The Hall–Kier alpha value is -2.14. The summed E-state index contributed by atoms with van der Waals surface area (Å²) in [5.74, 6) is -0.133. The zero-order chi connectivity index (χ0) is 12.8. The lowest BCUT2D eigenvalue weighted by molar-refractivity contribution is -0.116. The van der Waals surface area contributed by atoms with Crippen molar-refractivity contribution in [1.82, 2.24) is 10.3 Å². The van der Waals surface area contributed by atoms with Crippen LogP contribution in [0.4, 0.5) is 5.69 Å². The van der Waals surface area contributed by atoms with Crippen LogP contribution in [0.25, 0.3) is 6.08 Å². The minimum absolute atomic E-state index is 0.133. The van der Waals surface area contributed by atoms with Gasteiger partial charge in [-0.15, -0.1) is 11.3 Å². The topological polar surface area (TPSA) is 68.0 Å². The van der Waals surface area contributed by atoms with Crippen LogP contribution >= 0.6 is 11.3 Å². The van der Waals surface area contributed by atoms with Crippen LogP contribution in [0.2, 0.25) is 0 Å². The molecule has 18 heavy (non-hydrogen) atoms. The van der Waals surface area contributed by atoms with Gasteiger partial charge in [-0.3, -0.25) is 9.78 Å². The Bertz CT molecular complexity index is 549. The zero-order valence-corrected chi connectivity index (χ0v) is 10.5. The molecule has 1 heterocycles. The monoisotopic (exact) mass is 259 g/mol. The maximum Gasteiger partial charge on any atom is 0.244 e. The summed E-state index contributed by atoms with van der Waals surface area (Å²) in [6, 6.07) is 7.36. The first-order valence-electron chi connectivity index (χ1n) is 5.43. The average molecular weight is 259 g/mol. The maximum atomic E-state index is 11.6. The molecule has 0 atom stereocenters. The van der Waals surface area contributed by atoms with Crippen LogP contribution in [0.15, 0.2) is 42.0 Å². The van der Waals surface area contributed by atoms with Crippen molar-refractivity contribution in [2.45, 2.75) is 6.54 Å². The summed E-state index contributed by atoms with van der Waals surface area (Å²) >= 11 is 1.51. The number of amides is 1. The van der Waals surface area contributed by atoms with E-state index in [-0.39, 0.29) is 5.91 Å². The van der Waals surface area contributed by atoms with Crippen LogP contribution in [0.5, 0.6) is 0 Å². The fourth-order valence-corrected chi connectivity index (χ4v) is 1.93. The van der Waals surface area contributed by atoms with E-state index >= 15 is 0 Å². The normalized spacial score (nSPS) is 10.7. The van der Waals surface area contributed by atoms with Crippen molar-refractivity contribution in [2.24, 2.45) is 0 Å². The summed E-state index contributed by atoms with van der Waals surface area (Å²) < 4.78 is 0. The average Bonchev–Trinajstić information content (AvgIpc) is 2.87. The molecule has 2 aromatic rings. The lowest BCUT2D eigenvalue weighted by atomic mass is 10.2. The van der Waals surface area contributed by atoms with Crippen LogP contribution < -0.4 is 11.1 Å². The summed E-state index contributed by atoms with van der Waals surface area (Å²) in [6.45, 7) is 0.505. The van der Waals surface area contributed by atoms with Gasteiger partial charge in [0, 0.05) is 22.8 Å². The highest BCUT2D eigenvalue weighted by atomic mass is 32.1. The van der Waals surface area contributed by atoms with E-state index in [4.69, 9.17) is 5.73 Å². The summed E-state index contributed by atoms with van der Waals surface area (Å²) in [7, 11) is 0. The maximum absolute atomic E-state index is 11.6. The van der Waals surface area contributed by atoms with Gasteiger partial charge in [-0.05, 0) is 23.8 Å². The number of nitrogens with zero attached hydrogens (tertiary/aromatic N) is 1. The lowest BCUT2D eigenvalue weighted by Crippen LogP contribution is -2.19. The molecule has 0 aliphatic carbocycles. The number of aromatic nitrogens is 1. The highest BCUT2D eigenvalue weighted by molar-refractivity contribution is 7.09. The fraction of sp³-hybridized carbons (Fsp3) is 0.0769. The number of hydrogen-bond donors (Lipinski definition) is 2. The van der Waals surface area contributed by atoms with Crippen molar-refractivity contribution in [1.29, 1.82) is 0 Å². The fourth-order valence-electron chi connectivity index (χ4n) is 1.40. The van der Waals surface area contributed by atoms with Gasteiger partial charge in [-0.2, -0.15) is 0 Å². The minimum Gasteiger partial charge on any atom is -0.399 e. The van der Waals surface area contributed by atoms with Crippen molar-refractivity contribution in [2.75, 3.05) is 5.73 Å². The second-order valence-corrected chi connectivity index (χ2v) is 4.66. The Morgan fingerprint density at radius 3 is 3.11 bits per heavy atom. The number of nitrogens with two attached hydrogens (primary N) is 1. The summed E-state index contributed by atoms with van der Waals surface area (Å²) in [5, 5.41) is 2.78. The van der Waals surface area contributed by atoms with Gasteiger partial charge in [0.2, 0.25) is 5.91 Å². The van der Waals surface area contributed by atoms with Crippen LogP contribution in [0.1, 0.15) is 10.4 Å². The van der Waals surface area contributed by atoms with E-state index in [1.807, 2.05) is 18.2 Å². The molecule has 2 rings (SSSR count). The molecule has 0 unspecified atom stereocenters. The van der Waals surface area contributed by atoms with E-state index in [9.17, 15) is 4.79 Å². The zero-order valence-electron chi connectivity index (χ0n) is 9.67. The molecule has 1 amide bonds. The molecule has 1 aromatic carbocycles. The molecule has 0 radical (unpaired) electrons. The first-order valence-corrected chi connectivity index (χ1v) is 6.31. The third-order valence-corrected chi connectivity index (χ3v) is 3.04. The number of hydrogen-bond acceptors (Lipinski definition) is 4. The quantitative estimate of drug-likeness (QED) is 0.652. The van der Waals surface area contributed by atoms with E-state index < -0.39 is 0 Å². The van der Waals surface area contributed by atoms with Crippen LogP contribution in [0.3, 0.4) is 0 Å². The first-order chi connectivity index (χ1) is 8.74. The van der Waals surface area contributed by atoms with E-state index in [0.717, 1.165) is 10.4 Å². The van der Waals surface area contributed by atoms with E-state index in [2.05, 4.69) is 10.3 Å². The second-order valence-electron chi connectivity index (χ2n) is 3.69. The molecule has 0 saturated heterocycles. The largest absolute Gasteiger partial charge is 0.399 e. The number of thiazole rings is 1. The van der Waals surface area contributed by atoms with Gasteiger partial charge in [-0.25, -0.2) is 0 Å². The third kappa shape index (κ3) is 3.71. The molecule has 0 fully saturated rings. The number of rotatable bonds is 4. The van der Waals surface area contributed by atoms with Crippen molar-refractivity contribution in [3.63, 3.8) is 0 Å². The number of benzene rings is 1. The highest BCUT2D eigenvalue weighted by Crippen LogP contribution is 2.08. The molecule has 4 nitrogen and oxygen atoms in total. The highest BCUT2D eigenvalue weighted by Gasteiger charge is 1.97. The molecule has 0 saturated carbocycles. The van der Waals surface area contributed by atoms with E-state index in [1.54, 1.807) is 23.8 Å². The van der Waals surface area contributed by atoms with Gasteiger partial charge in [-0.1, -0.05) is 12.1 Å². The predicted octanol–water partition coefficient (Wildman–Crippen LogP) is 2.05. The number of carbonyl (C=O) groups excluding carboxylic acids is 1. The number of anilines is 1. The smallest absolute Gasteiger partial charge is 0.244 e. The van der Waals surface area contributed by atoms with Gasteiger partial charge in [0.15, 0.2) is 0 Å². The summed E-state index contributed by atoms with van der Waals surface area (Å²) in [5.41, 5.74) is 8.98. The molecule has 3 N–H and O–H groups in total. The molecule has 1 aromatic heterocycles. The van der Waals surface area contributed by atoms with Gasteiger partial charge in [0.1, 0.15) is 0 Å². The number of carbonyl (C=O) groups is 1. The first kappa shape index (κ1) is 12.3. The number of nitrogens with one attached hydrogen (secondary N) is 1. The molecule has 92 valence electrons. The Labute approximate surface area is 109 Å². The predicted molar refractivity (Wildman–Crippen MR) is 73.8 cm³/mol.